The molecule has 1 saturated carbocycles. The Hall–Kier alpha value is -2.90. The number of nitrogens with one attached hydrogen (secondary N) is 1. The van der Waals surface area contributed by atoms with Gasteiger partial charge in [0.25, 0.3) is 0 Å². The van der Waals surface area contributed by atoms with Crippen molar-refractivity contribution in [1.82, 2.24) is 14.9 Å². The fraction of sp³-hybridized carbons (Fsp3) is 0.448. The quantitative estimate of drug-likeness (QED) is 0.457. The Balaban J connectivity index is 1.40. The highest BCUT2D eigenvalue weighted by atomic mass is 32.1. The number of nitrogens with zero attached hydrogens (tertiary/aromatic N) is 4. The average Bonchev–Trinajstić information content (AvgIpc) is 3.63. The number of morpholine rings is 1. The van der Waals surface area contributed by atoms with Crippen molar-refractivity contribution >= 4 is 28.7 Å². The molecule has 36 heavy (non-hydrogen) atoms. The van der Waals surface area contributed by atoms with Crippen LogP contribution in [0.1, 0.15) is 66.5 Å². The SMILES string of the molecule is Cc1cc([C@@H]2[C@H](c3ccccn3)NC(=S)N2c2ccc(N3CCOCC3)cc2)c(C)n1C1CCCC1. The minimum absolute atomic E-state index is 0.0184. The van der Waals surface area contributed by atoms with E-state index in [0.717, 1.165) is 42.8 Å². The van der Waals surface area contributed by atoms with Crippen molar-refractivity contribution < 1.29 is 4.74 Å². The van der Waals surface area contributed by atoms with E-state index in [1.807, 2.05) is 12.3 Å². The summed E-state index contributed by atoms with van der Waals surface area (Å²) in [6.45, 7) is 7.98. The Kier molecular flexibility index (Phi) is 6.44. The zero-order valence-corrected chi connectivity index (χ0v) is 22.0. The van der Waals surface area contributed by atoms with Crippen LogP contribution in [0.25, 0.3) is 0 Å². The van der Waals surface area contributed by atoms with Gasteiger partial charge in [0.05, 0.1) is 31.0 Å². The molecule has 2 atom stereocenters. The predicted molar refractivity (Wildman–Crippen MR) is 149 cm³/mol. The molecule has 1 aromatic carbocycles. The van der Waals surface area contributed by atoms with Crippen LogP contribution in [0, 0.1) is 13.8 Å². The van der Waals surface area contributed by atoms with Crippen molar-refractivity contribution in [3.8, 4) is 0 Å². The van der Waals surface area contributed by atoms with Crippen LogP contribution < -0.4 is 15.1 Å². The highest BCUT2D eigenvalue weighted by molar-refractivity contribution is 7.80. The summed E-state index contributed by atoms with van der Waals surface area (Å²) >= 11 is 5.98. The highest BCUT2D eigenvalue weighted by Gasteiger charge is 2.42. The number of rotatable bonds is 5. The van der Waals surface area contributed by atoms with Crippen LogP contribution in [0.3, 0.4) is 0 Å². The predicted octanol–water partition coefficient (Wildman–Crippen LogP) is 5.63. The Bertz CT molecular complexity index is 1210. The topological polar surface area (TPSA) is 45.6 Å². The number of thiocarbonyl (C=S) groups is 1. The van der Waals surface area contributed by atoms with Crippen molar-refractivity contribution in [3.63, 3.8) is 0 Å². The minimum Gasteiger partial charge on any atom is -0.378 e. The first kappa shape index (κ1) is 23.5. The fourth-order valence-corrected chi connectivity index (χ4v) is 6.77. The van der Waals surface area contributed by atoms with Gasteiger partial charge in [0.15, 0.2) is 5.11 Å². The first-order chi connectivity index (χ1) is 17.6. The smallest absolute Gasteiger partial charge is 0.174 e. The lowest BCUT2D eigenvalue weighted by Crippen LogP contribution is -2.36. The number of benzene rings is 1. The zero-order valence-electron chi connectivity index (χ0n) is 21.2. The second-order valence-corrected chi connectivity index (χ2v) is 10.6. The van der Waals surface area contributed by atoms with E-state index in [4.69, 9.17) is 21.9 Å². The van der Waals surface area contributed by atoms with Crippen LogP contribution in [0.15, 0.2) is 54.7 Å². The van der Waals surface area contributed by atoms with Gasteiger partial charge in [-0.05, 0) is 86.9 Å². The summed E-state index contributed by atoms with van der Waals surface area (Å²) in [5, 5.41) is 4.38. The molecule has 0 radical (unpaired) electrons. The lowest BCUT2D eigenvalue weighted by Gasteiger charge is -2.31. The molecule has 4 heterocycles. The molecule has 6 nitrogen and oxygen atoms in total. The van der Waals surface area contributed by atoms with Gasteiger partial charge in [-0.15, -0.1) is 0 Å². The van der Waals surface area contributed by atoms with Crippen LogP contribution in [0.2, 0.25) is 0 Å². The number of hydrogen-bond acceptors (Lipinski definition) is 4. The van der Waals surface area contributed by atoms with Crippen LogP contribution in [0.5, 0.6) is 0 Å². The molecule has 3 aliphatic rings. The van der Waals surface area contributed by atoms with Crippen LogP contribution in [-0.4, -0.2) is 41.0 Å². The second-order valence-electron chi connectivity index (χ2n) is 10.2. The third-order valence-electron chi connectivity index (χ3n) is 8.13. The van der Waals surface area contributed by atoms with E-state index in [2.05, 4.69) is 76.0 Å². The molecule has 6 rings (SSSR count). The Morgan fingerprint density at radius 2 is 1.69 bits per heavy atom. The van der Waals surface area contributed by atoms with Gasteiger partial charge >= 0.3 is 0 Å². The molecule has 1 aliphatic carbocycles. The lowest BCUT2D eigenvalue weighted by molar-refractivity contribution is 0.122. The molecule has 2 saturated heterocycles. The molecule has 0 amide bonds. The molecule has 3 fully saturated rings. The van der Waals surface area contributed by atoms with Crippen molar-refractivity contribution in [3.05, 3.63) is 77.4 Å². The molecule has 3 aromatic rings. The summed E-state index contributed by atoms with van der Waals surface area (Å²) in [5.41, 5.74) is 7.39. The number of pyridine rings is 1. The maximum atomic E-state index is 5.98. The summed E-state index contributed by atoms with van der Waals surface area (Å²) in [5.74, 6) is 0. The van der Waals surface area contributed by atoms with Crippen LogP contribution in [-0.2, 0) is 4.74 Å². The molecular formula is C29H35N5OS. The normalized spacial score (nSPS) is 22.9. The molecule has 0 spiro atoms. The average molecular weight is 502 g/mol. The highest BCUT2D eigenvalue weighted by Crippen LogP contribution is 2.45. The standard InChI is InChI=1S/C29H35N5OS/c1-20-19-25(21(2)33(20)23-7-3-4-8-23)28-27(26-9-5-6-14-30-26)31-29(36)34(28)24-12-10-22(11-13-24)32-15-17-35-18-16-32/h5-6,9-14,19,23,27-28H,3-4,7-8,15-18H2,1-2H3,(H,31,36)/t27-,28+/m0/s1. The lowest BCUT2D eigenvalue weighted by atomic mass is 9.96. The van der Waals surface area contributed by atoms with Gasteiger partial charge in [-0.3, -0.25) is 4.98 Å². The van der Waals surface area contributed by atoms with Crippen molar-refractivity contribution in [2.75, 3.05) is 36.1 Å². The van der Waals surface area contributed by atoms with Gasteiger partial charge in [0.2, 0.25) is 0 Å². The third-order valence-corrected chi connectivity index (χ3v) is 8.45. The van der Waals surface area contributed by atoms with Gasteiger partial charge < -0.3 is 24.4 Å². The summed E-state index contributed by atoms with van der Waals surface area (Å²) in [7, 11) is 0. The number of aryl methyl sites for hydroxylation is 1. The van der Waals surface area contributed by atoms with E-state index >= 15 is 0 Å². The largest absolute Gasteiger partial charge is 0.378 e. The van der Waals surface area contributed by atoms with Gasteiger partial charge in [-0.2, -0.15) is 0 Å². The summed E-state index contributed by atoms with van der Waals surface area (Å²) in [4.78, 5) is 9.43. The van der Waals surface area contributed by atoms with E-state index in [1.54, 1.807) is 0 Å². The third kappa shape index (κ3) is 4.18. The Labute approximate surface area is 219 Å². The second kappa shape index (κ2) is 9.87. The van der Waals surface area contributed by atoms with Crippen LogP contribution in [0.4, 0.5) is 11.4 Å². The first-order valence-electron chi connectivity index (χ1n) is 13.2. The number of hydrogen-bond donors (Lipinski definition) is 1. The van der Waals surface area contributed by atoms with E-state index in [-0.39, 0.29) is 12.1 Å². The van der Waals surface area contributed by atoms with Crippen LogP contribution >= 0.6 is 12.2 Å². The molecular weight excluding hydrogens is 466 g/mol. The minimum atomic E-state index is -0.0184. The molecule has 188 valence electrons. The van der Waals surface area contributed by atoms with E-state index in [0.29, 0.717) is 6.04 Å². The first-order valence-corrected chi connectivity index (χ1v) is 13.6. The summed E-state index contributed by atoms with van der Waals surface area (Å²) in [6, 6.07) is 18.0. The van der Waals surface area contributed by atoms with Gasteiger partial charge in [0.1, 0.15) is 0 Å². The molecule has 0 bridgehead atoms. The van der Waals surface area contributed by atoms with Gasteiger partial charge in [-0.25, -0.2) is 0 Å². The Morgan fingerprint density at radius 1 is 0.972 bits per heavy atom. The Morgan fingerprint density at radius 3 is 2.39 bits per heavy atom. The summed E-state index contributed by atoms with van der Waals surface area (Å²) < 4.78 is 8.12. The van der Waals surface area contributed by atoms with E-state index < -0.39 is 0 Å². The molecule has 2 aromatic heterocycles. The maximum Gasteiger partial charge on any atom is 0.174 e. The van der Waals surface area contributed by atoms with Crippen molar-refractivity contribution in [1.29, 1.82) is 0 Å². The van der Waals surface area contributed by atoms with E-state index in [9.17, 15) is 0 Å². The zero-order chi connectivity index (χ0) is 24.6. The van der Waals surface area contributed by atoms with E-state index in [1.165, 1.54) is 48.3 Å². The summed E-state index contributed by atoms with van der Waals surface area (Å²) in [6.07, 6.45) is 7.06. The van der Waals surface area contributed by atoms with Gasteiger partial charge in [0, 0.05) is 48.1 Å². The fourth-order valence-electron chi connectivity index (χ4n) is 6.42. The number of ether oxygens (including phenoxy) is 1. The van der Waals surface area contributed by atoms with Crippen molar-refractivity contribution in [2.24, 2.45) is 0 Å². The number of anilines is 2. The molecule has 0 unspecified atom stereocenters. The molecule has 7 heteroatoms. The molecule has 1 N–H and O–H groups in total. The molecule has 2 aliphatic heterocycles. The van der Waals surface area contributed by atoms with Gasteiger partial charge in [-0.1, -0.05) is 18.9 Å². The van der Waals surface area contributed by atoms with Crippen molar-refractivity contribution in [2.45, 2.75) is 57.7 Å². The maximum absolute atomic E-state index is 5.98. The monoisotopic (exact) mass is 501 g/mol. The number of aromatic nitrogens is 2.